The molecule has 3 rings (SSSR count). The van der Waals surface area contributed by atoms with Crippen molar-refractivity contribution in [3.63, 3.8) is 0 Å². The molecule has 0 saturated carbocycles. The molecule has 0 bridgehead atoms. The molecule has 0 spiro atoms. The summed E-state index contributed by atoms with van der Waals surface area (Å²) in [7, 11) is 1.71. The number of hydrogen-bond donors (Lipinski definition) is 0. The van der Waals surface area contributed by atoms with Crippen LogP contribution in [0.25, 0.3) is 16.9 Å². The van der Waals surface area contributed by atoms with Crippen molar-refractivity contribution < 1.29 is 4.92 Å². The fourth-order valence-electron chi connectivity index (χ4n) is 2.49. The minimum atomic E-state index is -0.369. The molecule has 0 N–H and O–H groups in total. The highest BCUT2D eigenvalue weighted by molar-refractivity contribution is 5.78. The zero-order chi connectivity index (χ0) is 15.1. The second-order valence-corrected chi connectivity index (χ2v) is 5.20. The summed E-state index contributed by atoms with van der Waals surface area (Å²) in [6.45, 7) is 3.79. The Morgan fingerprint density at radius 1 is 1.29 bits per heavy atom. The lowest BCUT2D eigenvalue weighted by atomic mass is 10.1. The van der Waals surface area contributed by atoms with Crippen LogP contribution >= 0.6 is 0 Å². The molecular formula is C14H15N5O2. The van der Waals surface area contributed by atoms with Gasteiger partial charge in [-0.25, -0.2) is 9.67 Å². The van der Waals surface area contributed by atoms with Crippen molar-refractivity contribution in [2.24, 2.45) is 7.05 Å². The average Bonchev–Trinajstić information content (AvgIpc) is 2.99. The molecule has 2 aromatic heterocycles. The maximum atomic E-state index is 11.5. The standard InChI is InChI=1S/C14H15N5O2/c1-9(2)12-13(19(20)21)14(17(3)16-12)18-8-15-10-6-4-5-7-11(10)18/h4-9H,1-3H3. The Morgan fingerprint density at radius 2 is 2.00 bits per heavy atom. The molecule has 2 heterocycles. The number of nitrogens with zero attached hydrogens (tertiary/aromatic N) is 5. The lowest BCUT2D eigenvalue weighted by molar-refractivity contribution is -0.385. The van der Waals surface area contributed by atoms with Crippen LogP contribution in [0.2, 0.25) is 0 Å². The quantitative estimate of drug-likeness (QED) is 0.547. The van der Waals surface area contributed by atoms with Crippen LogP contribution in [0.5, 0.6) is 0 Å². The van der Waals surface area contributed by atoms with Crippen molar-refractivity contribution in [1.82, 2.24) is 19.3 Å². The minimum absolute atomic E-state index is 0.0277. The molecule has 0 fully saturated rings. The van der Waals surface area contributed by atoms with Gasteiger partial charge >= 0.3 is 5.69 Å². The number of nitro groups is 1. The molecule has 7 nitrogen and oxygen atoms in total. The van der Waals surface area contributed by atoms with Crippen LogP contribution in [-0.4, -0.2) is 24.3 Å². The number of rotatable bonds is 3. The van der Waals surface area contributed by atoms with E-state index in [0.29, 0.717) is 11.5 Å². The highest BCUT2D eigenvalue weighted by Gasteiger charge is 2.30. The van der Waals surface area contributed by atoms with Gasteiger partial charge in [-0.3, -0.25) is 14.7 Å². The SMILES string of the molecule is CC(C)c1nn(C)c(-n2cnc3ccccc32)c1[N+](=O)[O-]. The molecule has 0 aliphatic heterocycles. The first-order chi connectivity index (χ1) is 10.0. The maximum Gasteiger partial charge on any atom is 0.335 e. The molecule has 0 saturated heterocycles. The fourth-order valence-corrected chi connectivity index (χ4v) is 2.49. The van der Waals surface area contributed by atoms with Gasteiger partial charge in [0.2, 0.25) is 5.82 Å². The number of imidazole rings is 1. The normalized spacial score (nSPS) is 11.4. The number of hydrogen-bond acceptors (Lipinski definition) is 4. The summed E-state index contributed by atoms with van der Waals surface area (Å²) in [5.74, 6) is 0.400. The number of para-hydroxylation sites is 2. The number of benzene rings is 1. The van der Waals surface area contributed by atoms with E-state index in [1.54, 1.807) is 22.6 Å². The molecule has 0 unspecified atom stereocenters. The molecule has 7 heteroatoms. The lowest BCUT2D eigenvalue weighted by Gasteiger charge is -2.04. The van der Waals surface area contributed by atoms with Crippen LogP contribution in [0.15, 0.2) is 30.6 Å². The first-order valence-corrected chi connectivity index (χ1v) is 6.64. The summed E-state index contributed by atoms with van der Waals surface area (Å²) in [5.41, 5.74) is 2.13. The molecule has 0 radical (unpaired) electrons. The molecular weight excluding hydrogens is 270 g/mol. The van der Waals surface area contributed by atoms with Crippen molar-refractivity contribution in [1.29, 1.82) is 0 Å². The maximum absolute atomic E-state index is 11.5. The van der Waals surface area contributed by atoms with Gasteiger partial charge in [-0.2, -0.15) is 5.10 Å². The van der Waals surface area contributed by atoms with Crippen LogP contribution in [-0.2, 0) is 7.05 Å². The smallest absolute Gasteiger partial charge is 0.277 e. The van der Waals surface area contributed by atoms with Gasteiger partial charge in [-0.15, -0.1) is 0 Å². The van der Waals surface area contributed by atoms with E-state index < -0.39 is 0 Å². The minimum Gasteiger partial charge on any atom is -0.277 e. The molecule has 0 aliphatic rings. The molecule has 0 atom stereocenters. The second kappa shape index (κ2) is 4.69. The van der Waals surface area contributed by atoms with Gasteiger partial charge in [-0.1, -0.05) is 26.0 Å². The van der Waals surface area contributed by atoms with Crippen LogP contribution in [0.4, 0.5) is 5.69 Å². The van der Waals surface area contributed by atoms with Gasteiger partial charge in [0.25, 0.3) is 0 Å². The zero-order valence-electron chi connectivity index (χ0n) is 12.0. The zero-order valence-corrected chi connectivity index (χ0v) is 12.0. The predicted octanol–water partition coefficient (Wildman–Crippen LogP) is 2.79. The van der Waals surface area contributed by atoms with E-state index in [2.05, 4.69) is 10.1 Å². The Morgan fingerprint density at radius 3 is 2.67 bits per heavy atom. The van der Waals surface area contributed by atoms with Crippen molar-refractivity contribution in [2.45, 2.75) is 19.8 Å². The Labute approximate surface area is 121 Å². The summed E-state index contributed by atoms with van der Waals surface area (Å²) in [4.78, 5) is 15.4. The Hall–Kier alpha value is -2.70. The molecule has 21 heavy (non-hydrogen) atoms. The summed E-state index contributed by atoms with van der Waals surface area (Å²) < 4.78 is 3.26. The Balaban J connectivity index is 2.34. The van der Waals surface area contributed by atoms with E-state index in [1.165, 1.54) is 0 Å². The first kappa shape index (κ1) is 13.3. The Kier molecular flexibility index (Phi) is 2.97. The van der Waals surface area contributed by atoms with E-state index >= 15 is 0 Å². The lowest BCUT2D eigenvalue weighted by Crippen LogP contribution is -2.04. The van der Waals surface area contributed by atoms with Crippen LogP contribution in [0.3, 0.4) is 0 Å². The van der Waals surface area contributed by atoms with Crippen molar-refractivity contribution in [3.05, 3.63) is 46.4 Å². The number of fused-ring (bicyclic) bond motifs is 1. The molecule has 3 aromatic rings. The number of aromatic nitrogens is 4. The fraction of sp³-hybridized carbons (Fsp3) is 0.286. The third kappa shape index (κ3) is 1.97. The topological polar surface area (TPSA) is 78.8 Å². The van der Waals surface area contributed by atoms with Crippen LogP contribution in [0, 0.1) is 10.1 Å². The molecule has 1 aromatic carbocycles. The summed E-state index contributed by atoms with van der Waals surface area (Å²) in [5, 5.41) is 15.8. The van der Waals surface area contributed by atoms with Gasteiger partial charge in [0, 0.05) is 13.0 Å². The Bertz CT molecular complexity index is 831. The predicted molar refractivity (Wildman–Crippen MR) is 78.6 cm³/mol. The van der Waals surface area contributed by atoms with E-state index in [4.69, 9.17) is 0 Å². The highest BCUT2D eigenvalue weighted by Crippen LogP contribution is 2.33. The first-order valence-electron chi connectivity index (χ1n) is 6.64. The van der Waals surface area contributed by atoms with E-state index in [1.807, 2.05) is 38.1 Å². The summed E-state index contributed by atoms with van der Waals surface area (Å²) in [6, 6.07) is 7.52. The van der Waals surface area contributed by atoms with Crippen molar-refractivity contribution >= 4 is 16.7 Å². The highest BCUT2D eigenvalue weighted by atomic mass is 16.6. The van der Waals surface area contributed by atoms with Gasteiger partial charge in [0.05, 0.1) is 16.0 Å². The van der Waals surface area contributed by atoms with E-state index in [9.17, 15) is 10.1 Å². The van der Waals surface area contributed by atoms with Gasteiger partial charge < -0.3 is 0 Å². The largest absolute Gasteiger partial charge is 0.335 e. The van der Waals surface area contributed by atoms with Gasteiger partial charge in [-0.05, 0) is 12.1 Å². The molecule has 0 aliphatic carbocycles. The second-order valence-electron chi connectivity index (χ2n) is 5.20. The number of aryl methyl sites for hydroxylation is 1. The van der Waals surface area contributed by atoms with Crippen molar-refractivity contribution in [3.8, 4) is 5.82 Å². The average molecular weight is 285 g/mol. The van der Waals surface area contributed by atoms with Crippen LogP contribution in [0.1, 0.15) is 25.5 Å². The summed E-state index contributed by atoms with van der Waals surface area (Å²) in [6.07, 6.45) is 1.60. The van der Waals surface area contributed by atoms with Gasteiger partial charge in [0.15, 0.2) is 0 Å². The third-order valence-electron chi connectivity index (χ3n) is 3.43. The van der Waals surface area contributed by atoms with E-state index in [0.717, 1.165) is 11.0 Å². The van der Waals surface area contributed by atoms with Crippen LogP contribution < -0.4 is 0 Å². The molecule has 108 valence electrons. The van der Waals surface area contributed by atoms with E-state index in [-0.39, 0.29) is 16.5 Å². The third-order valence-corrected chi connectivity index (χ3v) is 3.43. The van der Waals surface area contributed by atoms with Crippen molar-refractivity contribution in [2.75, 3.05) is 0 Å². The summed E-state index contributed by atoms with van der Waals surface area (Å²) >= 11 is 0. The molecule has 0 amide bonds. The monoisotopic (exact) mass is 285 g/mol. The van der Waals surface area contributed by atoms with Gasteiger partial charge in [0.1, 0.15) is 12.0 Å².